The Morgan fingerprint density at radius 1 is 1.00 bits per heavy atom. The highest BCUT2D eigenvalue weighted by Crippen LogP contribution is 2.41. The number of hydrogen-bond donors (Lipinski definition) is 2. The number of nitrogens with two attached hydrogens (primary N) is 1. The molecular formula is C10H19NOS2. The Kier molecular flexibility index (Phi) is 3.37. The van der Waals surface area contributed by atoms with Crippen LogP contribution in [-0.4, -0.2) is 39.3 Å². The Balaban J connectivity index is 2.09. The van der Waals surface area contributed by atoms with Gasteiger partial charge in [0.25, 0.3) is 0 Å². The Labute approximate surface area is 94.4 Å². The van der Waals surface area contributed by atoms with E-state index in [-0.39, 0.29) is 5.54 Å². The smallest absolute Gasteiger partial charge is 0.0850 e. The third kappa shape index (κ3) is 1.94. The molecule has 0 radical (unpaired) electrons. The largest absolute Gasteiger partial charge is 0.388 e. The summed E-state index contributed by atoms with van der Waals surface area (Å²) in [6.45, 7) is 0. The van der Waals surface area contributed by atoms with E-state index in [0.29, 0.717) is 0 Å². The zero-order valence-corrected chi connectivity index (χ0v) is 10.1. The number of hydrogen-bond acceptors (Lipinski definition) is 4. The molecule has 0 amide bonds. The number of aliphatic hydroxyl groups is 1. The fourth-order valence-electron chi connectivity index (χ4n) is 2.39. The van der Waals surface area contributed by atoms with Gasteiger partial charge in [-0.1, -0.05) is 0 Å². The fraction of sp³-hybridized carbons (Fsp3) is 1.00. The van der Waals surface area contributed by atoms with Crippen LogP contribution in [0.15, 0.2) is 0 Å². The Bertz CT molecular complexity index is 176. The third-order valence-electron chi connectivity index (χ3n) is 3.52. The zero-order valence-electron chi connectivity index (χ0n) is 8.50. The monoisotopic (exact) mass is 233 g/mol. The molecule has 2 rings (SSSR count). The van der Waals surface area contributed by atoms with Crippen LogP contribution in [0, 0.1) is 0 Å². The minimum absolute atomic E-state index is 0.309. The predicted molar refractivity (Wildman–Crippen MR) is 65.0 cm³/mol. The van der Waals surface area contributed by atoms with Crippen LogP contribution in [0.1, 0.15) is 25.7 Å². The fourth-order valence-corrected chi connectivity index (χ4v) is 4.83. The molecule has 0 aromatic heterocycles. The summed E-state index contributed by atoms with van der Waals surface area (Å²) in [6.07, 6.45) is 3.93. The van der Waals surface area contributed by atoms with Gasteiger partial charge < -0.3 is 10.8 Å². The van der Waals surface area contributed by atoms with E-state index in [9.17, 15) is 5.11 Å². The molecule has 1 unspecified atom stereocenters. The van der Waals surface area contributed by atoms with Crippen molar-refractivity contribution in [2.45, 2.75) is 36.8 Å². The van der Waals surface area contributed by atoms with E-state index >= 15 is 0 Å². The second-order valence-corrected chi connectivity index (χ2v) is 6.79. The number of thioether (sulfide) groups is 2. The molecule has 3 N–H and O–H groups in total. The highest BCUT2D eigenvalue weighted by atomic mass is 32.2. The summed E-state index contributed by atoms with van der Waals surface area (Å²) in [4.78, 5) is 0. The normalized spacial score (nSPS) is 38.1. The Morgan fingerprint density at radius 3 is 2.29 bits per heavy atom. The van der Waals surface area contributed by atoms with E-state index in [1.54, 1.807) is 0 Å². The van der Waals surface area contributed by atoms with Crippen molar-refractivity contribution in [3.05, 3.63) is 0 Å². The third-order valence-corrected chi connectivity index (χ3v) is 5.80. The molecule has 4 heteroatoms. The molecule has 0 aromatic carbocycles. The minimum atomic E-state index is -0.578. The topological polar surface area (TPSA) is 46.2 Å². The second kappa shape index (κ2) is 4.24. The average Bonchev–Trinajstić information content (AvgIpc) is 2.20. The SMILES string of the molecule is NC1(C2(O)CCSCC2)CCCSC1. The van der Waals surface area contributed by atoms with Crippen molar-refractivity contribution in [2.75, 3.05) is 23.0 Å². The van der Waals surface area contributed by atoms with Crippen molar-refractivity contribution in [1.29, 1.82) is 0 Å². The van der Waals surface area contributed by atoms with Crippen molar-refractivity contribution in [3.8, 4) is 0 Å². The van der Waals surface area contributed by atoms with E-state index < -0.39 is 5.60 Å². The van der Waals surface area contributed by atoms with Gasteiger partial charge in [-0.15, -0.1) is 0 Å². The van der Waals surface area contributed by atoms with Gasteiger partial charge in [-0.25, -0.2) is 0 Å². The standard InChI is InChI=1S/C10H19NOS2/c11-9(2-1-5-14-8-9)10(12)3-6-13-7-4-10/h12H,1-8,11H2. The minimum Gasteiger partial charge on any atom is -0.388 e. The molecule has 0 bridgehead atoms. The maximum absolute atomic E-state index is 10.6. The van der Waals surface area contributed by atoms with Gasteiger partial charge in [0.2, 0.25) is 0 Å². The average molecular weight is 233 g/mol. The molecule has 0 spiro atoms. The molecule has 82 valence electrons. The molecule has 2 fully saturated rings. The van der Waals surface area contributed by atoms with Crippen LogP contribution in [0.3, 0.4) is 0 Å². The van der Waals surface area contributed by atoms with E-state index in [2.05, 4.69) is 0 Å². The van der Waals surface area contributed by atoms with E-state index in [4.69, 9.17) is 5.73 Å². The van der Waals surface area contributed by atoms with Crippen molar-refractivity contribution in [2.24, 2.45) is 5.73 Å². The summed E-state index contributed by atoms with van der Waals surface area (Å²) in [6, 6.07) is 0. The van der Waals surface area contributed by atoms with Crippen LogP contribution in [0.5, 0.6) is 0 Å². The van der Waals surface area contributed by atoms with Gasteiger partial charge in [-0.3, -0.25) is 0 Å². The summed E-state index contributed by atoms with van der Waals surface area (Å²) < 4.78 is 0. The van der Waals surface area contributed by atoms with Crippen LogP contribution in [0.2, 0.25) is 0 Å². The Morgan fingerprint density at radius 2 is 1.71 bits per heavy atom. The molecule has 2 heterocycles. The maximum Gasteiger partial charge on any atom is 0.0850 e. The lowest BCUT2D eigenvalue weighted by atomic mass is 9.74. The summed E-state index contributed by atoms with van der Waals surface area (Å²) in [5.74, 6) is 4.29. The van der Waals surface area contributed by atoms with E-state index in [1.807, 2.05) is 23.5 Å². The molecule has 1 atom stereocenters. The second-order valence-electron chi connectivity index (χ2n) is 4.46. The quantitative estimate of drug-likeness (QED) is 0.720. The molecule has 0 aliphatic carbocycles. The van der Waals surface area contributed by atoms with Gasteiger partial charge in [-0.2, -0.15) is 23.5 Å². The van der Waals surface area contributed by atoms with Gasteiger partial charge in [0.1, 0.15) is 0 Å². The summed E-state index contributed by atoms with van der Waals surface area (Å²) in [5.41, 5.74) is 5.50. The van der Waals surface area contributed by atoms with E-state index in [1.165, 1.54) is 5.75 Å². The summed E-state index contributed by atoms with van der Waals surface area (Å²) in [5, 5.41) is 10.6. The Hall–Kier alpha value is 0.620. The first-order valence-electron chi connectivity index (χ1n) is 5.33. The van der Waals surface area contributed by atoms with Crippen LogP contribution in [0.4, 0.5) is 0 Å². The van der Waals surface area contributed by atoms with E-state index in [0.717, 1.165) is 42.9 Å². The molecule has 2 aliphatic heterocycles. The maximum atomic E-state index is 10.6. The first-order valence-corrected chi connectivity index (χ1v) is 7.64. The molecule has 14 heavy (non-hydrogen) atoms. The molecular weight excluding hydrogens is 214 g/mol. The highest BCUT2D eigenvalue weighted by molar-refractivity contribution is 7.99. The summed E-state index contributed by atoms with van der Waals surface area (Å²) in [7, 11) is 0. The molecule has 2 aliphatic rings. The molecule has 0 aromatic rings. The van der Waals surface area contributed by atoms with Crippen LogP contribution in [-0.2, 0) is 0 Å². The van der Waals surface area contributed by atoms with Gasteiger partial charge in [0, 0.05) is 5.75 Å². The van der Waals surface area contributed by atoms with Crippen molar-refractivity contribution < 1.29 is 5.11 Å². The van der Waals surface area contributed by atoms with Gasteiger partial charge in [0.15, 0.2) is 0 Å². The molecule has 2 saturated heterocycles. The lowest BCUT2D eigenvalue weighted by Gasteiger charge is -2.48. The van der Waals surface area contributed by atoms with Crippen LogP contribution < -0.4 is 5.73 Å². The zero-order chi connectivity index (χ0) is 10.1. The molecule has 0 saturated carbocycles. The van der Waals surface area contributed by atoms with Gasteiger partial charge in [0.05, 0.1) is 11.1 Å². The predicted octanol–water partition coefficient (Wildman–Crippen LogP) is 1.47. The van der Waals surface area contributed by atoms with Crippen LogP contribution >= 0.6 is 23.5 Å². The summed E-state index contributed by atoms with van der Waals surface area (Å²) >= 11 is 3.84. The van der Waals surface area contributed by atoms with Gasteiger partial charge in [-0.05, 0) is 42.9 Å². The van der Waals surface area contributed by atoms with Crippen LogP contribution in [0.25, 0.3) is 0 Å². The van der Waals surface area contributed by atoms with Crippen molar-refractivity contribution >= 4 is 23.5 Å². The number of rotatable bonds is 1. The van der Waals surface area contributed by atoms with Gasteiger partial charge >= 0.3 is 0 Å². The first kappa shape index (κ1) is 11.1. The first-order chi connectivity index (χ1) is 6.66. The lowest BCUT2D eigenvalue weighted by Crippen LogP contribution is -2.64. The van der Waals surface area contributed by atoms with Crippen molar-refractivity contribution in [1.82, 2.24) is 0 Å². The van der Waals surface area contributed by atoms with Crippen molar-refractivity contribution in [3.63, 3.8) is 0 Å². The molecule has 2 nitrogen and oxygen atoms in total. The highest BCUT2D eigenvalue weighted by Gasteiger charge is 2.48. The lowest BCUT2D eigenvalue weighted by molar-refractivity contribution is -0.0382.